The first kappa shape index (κ1) is 19.9. The van der Waals surface area contributed by atoms with Gasteiger partial charge >= 0.3 is 17.1 Å². The molecule has 1 radical (unpaired) electrons. The second-order valence-corrected chi connectivity index (χ2v) is 5.41. The van der Waals surface area contributed by atoms with Crippen LogP contribution in [0.2, 0.25) is 0 Å². The molecule has 0 heterocycles. The van der Waals surface area contributed by atoms with Crippen molar-refractivity contribution in [3.05, 3.63) is 58.7 Å². The van der Waals surface area contributed by atoms with Crippen LogP contribution < -0.4 is 10.2 Å². The molecule has 0 aliphatic heterocycles. The SMILES string of the molecule is Cc1cccc(C=NCCCN=Cc2cccc(C)c2[O-])c1[O-].[Cu+2]. The molecular formula is C19H20CuN2O2. The molecule has 0 atom stereocenters. The summed E-state index contributed by atoms with van der Waals surface area (Å²) in [6, 6.07) is 10.8. The first-order valence-corrected chi connectivity index (χ1v) is 7.62. The largest absolute Gasteiger partial charge is 2.00 e. The maximum absolute atomic E-state index is 11.8. The van der Waals surface area contributed by atoms with Gasteiger partial charge in [-0.1, -0.05) is 59.0 Å². The van der Waals surface area contributed by atoms with Crippen molar-refractivity contribution in [2.24, 2.45) is 9.98 Å². The van der Waals surface area contributed by atoms with Gasteiger partial charge in [0.15, 0.2) is 0 Å². The monoisotopic (exact) mass is 371 g/mol. The normalized spacial score (nSPS) is 11.1. The van der Waals surface area contributed by atoms with Gasteiger partial charge in [0.25, 0.3) is 0 Å². The molecule has 0 aromatic heterocycles. The second-order valence-electron chi connectivity index (χ2n) is 5.41. The van der Waals surface area contributed by atoms with Crippen LogP contribution in [0.4, 0.5) is 0 Å². The predicted molar refractivity (Wildman–Crippen MR) is 90.8 cm³/mol. The quantitative estimate of drug-likeness (QED) is 0.444. The van der Waals surface area contributed by atoms with Gasteiger partial charge in [0.05, 0.1) is 0 Å². The van der Waals surface area contributed by atoms with Crippen LogP contribution in [0.5, 0.6) is 11.5 Å². The van der Waals surface area contributed by atoms with Gasteiger partial charge in [0.1, 0.15) is 0 Å². The molecule has 2 rings (SSSR count). The number of hydrogen-bond acceptors (Lipinski definition) is 4. The van der Waals surface area contributed by atoms with Crippen LogP contribution in [0, 0.1) is 13.8 Å². The van der Waals surface area contributed by atoms with E-state index in [-0.39, 0.29) is 28.6 Å². The van der Waals surface area contributed by atoms with Crippen molar-refractivity contribution in [1.29, 1.82) is 0 Å². The third kappa shape index (κ3) is 5.52. The van der Waals surface area contributed by atoms with Crippen LogP contribution in [0.1, 0.15) is 28.7 Å². The van der Waals surface area contributed by atoms with Crippen molar-refractivity contribution in [2.75, 3.05) is 13.1 Å². The Balaban J connectivity index is 0.00000288. The van der Waals surface area contributed by atoms with Crippen LogP contribution in [-0.2, 0) is 17.1 Å². The molecule has 0 saturated carbocycles. The Morgan fingerprint density at radius 2 is 1.21 bits per heavy atom. The van der Waals surface area contributed by atoms with Gasteiger partial charge < -0.3 is 10.2 Å². The van der Waals surface area contributed by atoms with Crippen molar-refractivity contribution in [3.8, 4) is 11.5 Å². The van der Waals surface area contributed by atoms with Gasteiger partial charge in [-0.15, -0.1) is 0 Å². The molecule has 0 spiro atoms. The number of benzene rings is 2. The molecule has 0 N–H and O–H groups in total. The summed E-state index contributed by atoms with van der Waals surface area (Å²) in [6.45, 7) is 4.79. The Kier molecular flexibility index (Phi) is 8.24. The molecule has 0 aliphatic carbocycles. The van der Waals surface area contributed by atoms with E-state index in [1.807, 2.05) is 12.1 Å². The van der Waals surface area contributed by atoms with Crippen molar-refractivity contribution < 1.29 is 27.3 Å². The summed E-state index contributed by atoms with van der Waals surface area (Å²) in [4.78, 5) is 8.52. The average Bonchev–Trinajstić information content (AvgIpc) is 2.54. The Hall–Kier alpha value is -2.10. The fourth-order valence-corrected chi connectivity index (χ4v) is 2.13. The van der Waals surface area contributed by atoms with Crippen LogP contribution in [0.25, 0.3) is 0 Å². The molecule has 0 amide bonds. The molecule has 0 bridgehead atoms. The fourth-order valence-electron chi connectivity index (χ4n) is 2.13. The molecule has 4 nitrogen and oxygen atoms in total. The molecule has 24 heavy (non-hydrogen) atoms. The average molecular weight is 372 g/mol. The predicted octanol–water partition coefficient (Wildman–Crippen LogP) is 2.38. The molecular weight excluding hydrogens is 352 g/mol. The van der Waals surface area contributed by atoms with Crippen LogP contribution in [0.15, 0.2) is 46.4 Å². The summed E-state index contributed by atoms with van der Waals surface area (Å²) >= 11 is 0. The van der Waals surface area contributed by atoms with E-state index in [0.717, 1.165) is 17.5 Å². The maximum atomic E-state index is 11.8. The minimum absolute atomic E-state index is 0. The molecule has 0 fully saturated rings. The second kappa shape index (κ2) is 9.91. The third-order valence-corrected chi connectivity index (χ3v) is 3.52. The van der Waals surface area contributed by atoms with Crippen LogP contribution >= 0.6 is 0 Å². The van der Waals surface area contributed by atoms with E-state index in [1.54, 1.807) is 50.5 Å². The van der Waals surface area contributed by atoms with Crippen molar-refractivity contribution in [2.45, 2.75) is 20.3 Å². The Morgan fingerprint density at radius 3 is 1.62 bits per heavy atom. The molecule has 0 saturated heterocycles. The zero-order valence-electron chi connectivity index (χ0n) is 13.8. The molecule has 5 heteroatoms. The number of nitrogens with zero attached hydrogens (tertiary/aromatic N) is 2. The summed E-state index contributed by atoms with van der Waals surface area (Å²) < 4.78 is 0. The number of rotatable bonds is 6. The van der Waals surface area contributed by atoms with Crippen molar-refractivity contribution in [1.82, 2.24) is 0 Å². The van der Waals surface area contributed by atoms with Gasteiger partial charge in [-0.25, -0.2) is 0 Å². The Bertz CT molecular complexity index is 666. The van der Waals surface area contributed by atoms with Crippen LogP contribution in [-0.4, -0.2) is 25.5 Å². The standard InChI is InChI=1S/C19H22N2O2.Cu/c1-14-6-3-8-16(18(14)22)12-20-10-5-11-21-13-17-9-4-7-15(2)19(17)23;/h3-4,6-9,12-13,22-23H,5,10-11H2,1-2H3;/q;+2/p-2. The van der Waals surface area contributed by atoms with Gasteiger partial charge in [0, 0.05) is 25.5 Å². The topological polar surface area (TPSA) is 70.8 Å². The van der Waals surface area contributed by atoms with E-state index in [1.165, 1.54) is 0 Å². The van der Waals surface area contributed by atoms with Crippen molar-refractivity contribution in [3.63, 3.8) is 0 Å². The van der Waals surface area contributed by atoms with Gasteiger partial charge in [-0.05, 0) is 31.4 Å². The summed E-state index contributed by atoms with van der Waals surface area (Å²) in [7, 11) is 0. The zero-order chi connectivity index (χ0) is 16.7. The van der Waals surface area contributed by atoms with Gasteiger partial charge in [-0.3, -0.25) is 9.98 Å². The van der Waals surface area contributed by atoms with E-state index in [0.29, 0.717) is 24.2 Å². The summed E-state index contributed by atoms with van der Waals surface area (Å²) in [5.74, 6) is 0.0494. The van der Waals surface area contributed by atoms with Gasteiger partial charge in [-0.2, -0.15) is 0 Å². The van der Waals surface area contributed by atoms with Crippen molar-refractivity contribution >= 4 is 12.4 Å². The Morgan fingerprint density at radius 1 is 0.792 bits per heavy atom. The maximum Gasteiger partial charge on any atom is 2.00 e. The molecule has 129 valence electrons. The summed E-state index contributed by atoms with van der Waals surface area (Å²) in [5, 5.41) is 23.6. The number of aliphatic imine (C=N–C) groups is 2. The summed E-state index contributed by atoms with van der Waals surface area (Å²) in [5.41, 5.74) is 2.68. The number of hydrogen-bond donors (Lipinski definition) is 0. The zero-order valence-corrected chi connectivity index (χ0v) is 14.7. The third-order valence-electron chi connectivity index (χ3n) is 3.52. The smallest absolute Gasteiger partial charge is 0.872 e. The van der Waals surface area contributed by atoms with E-state index in [2.05, 4.69) is 9.98 Å². The number of aryl methyl sites for hydroxylation is 2. The van der Waals surface area contributed by atoms with E-state index in [9.17, 15) is 10.2 Å². The minimum atomic E-state index is 0. The first-order chi connectivity index (χ1) is 11.1. The Labute approximate surface area is 153 Å². The molecule has 2 aromatic rings. The molecule has 0 aliphatic rings. The van der Waals surface area contributed by atoms with E-state index < -0.39 is 0 Å². The molecule has 0 unspecified atom stereocenters. The summed E-state index contributed by atoms with van der Waals surface area (Å²) in [6.07, 6.45) is 4.01. The molecule has 2 aromatic carbocycles. The minimum Gasteiger partial charge on any atom is -0.872 e. The fraction of sp³-hybridized carbons (Fsp3) is 0.263. The number of para-hydroxylation sites is 2. The van der Waals surface area contributed by atoms with E-state index >= 15 is 0 Å². The van der Waals surface area contributed by atoms with Gasteiger partial charge in [0.2, 0.25) is 0 Å². The van der Waals surface area contributed by atoms with E-state index in [4.69, 9.17) is 0 Å². The van der Waals surface area contributed by atoms with Crippen LogP contribution in [0.3, 0.4) is 0 Å². The first-order valence-electron chi connectivity index (χ1n) is 7.62.